The maximum absolute atomic E-state index is 11.9. The minimum absolute atomic E-state index is 0.0298. The summed E-state index contributed by atoms with van der Waals surface area (Å²) in [6.07, 6.45) is -1.11. The number of aliphatic hydroxyl groups is 4. The third kappa shape index (κ3) is 14.9. The van der Waals surface area contributed by atoms with Gasteiger partial charge in [-0.25, -0.2) is 0 Å². The van der Waals surface area contributed by atoms with Crippen LogP contribution in [0.25, 0.3) is 0 Å². The highest BCUT2D eigenvalue weighted by atomic mass is 16.4. The number of nitrogens with zero attached hydrogens (tertiary/aromatic N) is 2. The number of aliphatic imine (C=N–C) groups is 2. The van der Waals surface area contributed by atoms with E-state index < -0.39 is 36.2 Å². The van der Waals surface area contributed by atoms with Gasteiger partial charge in [0, 0.05) is 31.5 Å². The SMILES string of the molecule is CCC(C)(CC)NCCN=C(N)CCCCCCC(N)=NCCNC(=O)[C@H](O)[C@@H](O)[C@@H](O)[C@H](O)C(N)=O. The van der Waals surface area contributed by atoms with E-state index in [0.29, 0.717) is 24.6 Å². The molecule has 0 heterocycles. The molecule has 0 aromatic heterocycles. The maximum atomic E-state index is 11.9. The molecule has 4 atom stereocenters. The second-order valence-corrected chi connectivity index (χ2v) is 9.42. The highest BCUT2D eigenvalue weighted by Gasteiger charge is 2.36. The van der Waals surface area contributed by atoms with Crippen molar-refractivity contribution >= 4 is 23.5 Å². The molecule has 0 aromatic carbocycles. The first kappa shape index (κ1) is 34.7. The van der Waals surface area contributed by atoms with Crippen molar-refractivity contribution in [2.24, 2.45) is 27.2 Å². The summed E-state index contributed by atoms with van der Waals surface area (Å²) in [6, 6.07) is 0. The van der Waals surface area contributed by atoms with E-state index in [1.54, 1.807) is 0 Å². The zero-order valence-corrected chi connectivity index (χ0v) is 22.5. The molecular weight excluding hydrogens is 482 g/mol. The molecule has 2 amide bonds. The number of hydrogen-bond donors (Lipinski definition) is 9. The number of unbranched alkanes of at least 4 members (excludes halogenated alkanes) is 3. The molecule has 0 spiro atoms. The molecule has 0 aliphatic heterocycles. The first-order valence-electron chi connectivity index (χ1n) is 13.0. The summed E-state index contributed by atoms with van der Waals surface area (Å²) in [4.78, 5) is 31.3. The highest BCUT2D eigenvalue weighted by Crippen LogP contribution is 2.12. The standard InChI is InChI=1S/C24H49N7O6/c1-4-24(3,5-2)31-15-14-29-17(26)11-9-7-6-8-10-16(25)28-12-13-30-23(37)21(35)19(33)18(32)20(34)22(27)36/h18-21,31-35H,4-15H2,1-3H3,(H2,25,28)(H2,26,29)(H2,27,36)(H,30,37)/t18-,19+,20+,21-/m1/s1. The molecule has 0 aromatic rings. The van der Waals surface area contributed by atoms with E-state index in [0.717, 1.165) is 51.5 Å². The average Bonchev–Trinajstić information content (AvgIpc) is 2.88. The smallest absolute Gasteiger partial charge is 0.251 e. The maximum Gasteiger partial charge on any atom is 0.251 e. The zero-order chi connectivity index (χ0) is 28.4. The number of rotatable bonds is 21. The van der Waals surface area contributed by atoms with Crippen LogP contribution in [0.15, 0.2) is 9.98 Å². The van der Waals surface area contributed by atoms with Gasteiger partial charge in [-0.3, -0.25) is 19.6 Å². The Morgan fingerprint density at radius 1 is 0.784 bits per heavy atom. The fourth-order valence-electron chi connectivity index (χ4n) is 3.36. The summed E-state index contributed by atoms with van der Waals surface area (Å²) < 4.78 is 0. The van der Waals surface area contributed by atoms with Crippen LogP contribution in [0.3, 0.4) is 0 Å². The van der Waals surface area contributed by atoms with E-state index in [2.05, 4.69) is 41.4 Å². The summed E-state index contributed by atoms with van der Waals surface area (Å²) >= 11 is 0. The van der Waals surface area contributed by atoms with Crippen molar-refractivity contribution in [3.63, 3.8) is 0 Å². The van der Waals surface area contributed by atoms with Gasteiger partial charge in [-0.05, 0) is 32.6 Å². The van der Waals surface area contributed by atoms with E-state index in [4.69, 9.17) is 17.2 Å². The molecule has 12 N–H and O–H groups in total. The van der Waals surface area contributed by atoms with Crippen molar-refractivity contribution in [2.45, 2.75) is 102 Å². The number of hydrogen-bond acceptors (Lipinski definition) is 9. The average molecular weight is 532 g/mol. The first-order chi connectivity index (χ1) is 17.4. The number of nitrogens with one attached hydrogen (secondary N) is 2. The van der Waals surface area contributed by atoms with E-state index in [9.17, 15) is 30.0 Å². The number of primary amides is 1. The Hall–Kier alpha value is -2.32. The summed E-state index contributed by atoms with van der Waals surface area (Å²) in [5.74, 6) is -1.19. The predicted molar refractivity (Wildman–Crippen MR) is 144 cm³/mol. The molecule has 0 fully saturated rings. The lowest BCUT2D eigenvalue weighted by molar-refractivity contribution is -0.153. The van der Waals surface area contributed by atoms with Gasteiger partial charge in [0.2, 0.25) is 5.91 Å². The minimum Gasteiger partial charge on any atom is -0.387 e. The van der Waals surface area contributed by atoms with Gasteiger partial charge < -0.3 is 48.3 Å². The zero-order valence-electron chi connectivity index (χ0n) is 22.5. The summed E-state index contributed by atoms with van der Waals surface area (Å²) in [6.45, 7) is 8.24. The van der Waals surface area contributed by atoms with Gasteiger partial charge in [0.25, 0.3) is 5.91 Å². The van der Waals surface area contributed by atoms with Gasteiger partial charge in [0.15, 0.2) is 12.2 Å². The molecule has 0 unspecified atom stereocenters. The highest BCUT2D eigenvalue weighted by molar-refractivity contribution is 5.83. The van der Waals surface area contributed by atoms with Crippen molar-refractivity contribution in [2.75, 3.05) is 26.2 Å². The Labute approximate surface area is 220 Å². The Kier molecular flexibility index (Phi) is 17.7. The van der Waals surface area contributed by atoms with Gasteiger partial charge in [-0.1, -0.05) is 26.7 Å². The lowest BCUT2D eigenvalue weighted by Gasteiger charge is -2.28. The van der Waals surface area contributed by atoms with Gasteiger partial charge in [-0.2, -0.15) is 0 Å². The lowest BCUT2D eigenvalue weighted by atomic mass is 9.96. The fourth-order valence-corrected chi connectivity index (χ4v) is 3.36. The molecule has 216 valence electrons. The first-order valence-corrected chi connectivity index (χ1v) is 13.0. The van der Waals surface area contributed by atoms with Crippen LogP contribution in [-0.4, -0.2) is 100 Å². The molecule has 0 saturated carbocycles. The molecule has 13 heteroatoms. The van der Waals surface area contributed by atoms with Crippen LogP contribution in [0.1, 0.15) is 72.1 Å². The van der Waals surface area contributed by atoms with Gasteiger partial charge >= 0.3 is 0 Å². The number of amidine groups is 2. The van der Waals surface area contributed by atoms with Crippen molar-refractivity contribution in [3.8, 4) is 0 Å². The van der Waals surface area contributed by atoms with Crippen LogP contribution in [-0.2, 0) is 9.59 Å². The monoisotopic (exact) mass is 531 g/mol. The van der Waals surface area contributed by atoms with Crippen LogP contribution >= 0.6 is 0 Å². The van der Waals surface area contributed by atoms with Crippen molar-refractivity contribution in [1.29, 1.82) is 0 Å². The number of amides is 2. The Balaban J connectivity index is 4.02. The summed E-state index contributed by atoms with van der Waals surface area (Å²) in [5.41, 5.74) is 16.8. The molecule has 13 nitrogen and oxygen atoms in total. The van der Waals surface area contributed by atoms with Gasteiger partial charge in [0.1, 0.15) is 12.2 Å². The van der Waals surface area contributed by atoms with Crippen molar-refractivity contribution in [1.82, 2.24) is 10.6 Å². The predicted octanol–water partition coefficient (Wildman–Crippen LogP) is -1.75. The Bertz CT molecular complexity index is 730. The van der Waals surface area contributed by atoms with E-state index in [-0.39, 0.29) is 18.6 Å². The van der Waals surface area contributed by atoms with Crippen molar-refractivity contribution in [3.05, 3.63) is 0 Å². The third-order valence-electron chi connectivity index (χ3n) is 6.44. The quantitative estimate of drug-likeness (QED) is 0.0463. The molecular formula is C24H49N7O6. The van der Waals surface area contributed by atoms with Crippen LogP contribution in [0.5, 0.6) is 0 Å². The Morgan fingerprint density at radius 3 is 1.70 bits per heavy atom. The normalized spacial score (nSPS) is 16.2. The van der Waals surface area contributed by atoms with Crippen LogP contribution in [0, 0.1) is 0 Å². The largest absolute Gasteiger partial charge is 0.387 e. The van der Waals surface area contributed by atoms with Crippen LogP contribution < -0.4 is 27.8 Å². The molecule has 0 bridgehead atoms. The van der Waals surface area contributed by atoms with Crippen LogP contribution in [0.4, 0.5) is 0 Å². The molecule has 37 heavy (non-hydrogen) atoms. The third-order valence-corrected chi connectivity index (χ3v) is 6.44. The van der Waals surface area contributed by atoms with Gasteiger partial charge in [-0.15, -0.1) is 0 Å². The topological polar surface area (TPSA) is 242 Å². The lowest BCUT2D eigenvalue weighted by Crippen LogP contribution is -2.53. The minimum atomic E-state index is -2.12. The number of aliphatic hydroxyl groups excluding tert-OH is 4. The van der Waals surface area contributed by atoms with E-state index >= 15 is 0 Å². The van der Waals surface area contributed by atoms with E-state index in [1.165, 1.54) is 0 Å². The van der Waals surface area contributed by atoms with Crippen LogP contribution in [0.2, 0.25) is 0 Å². The number of carbonyl (C=O) groups excluding carboxylic acids is 2. The van der Waals surface area contributed by atoms with E-state index in [1.807, 2.05) is 0 Å². The summed E-state index contributed by atoms with van der Waals surface area (Å²) in [5, 5.41) is 44.2. The molecule has 0 rings (SSSR count). The number of carbonyl (C=O) groups is 2. The molecule has 0 aliphatic carbocycles. The van der Waals surface area contributed by atoms with Gasteiger partial charge in [0.05, 0.1) is 24.8 Å². The second kappa shape index (κ2) is 18.9. The van der Waals surface area contributed by atoms with Crippen molar-refractivity contribution < 1.29 is 30.0 Å². The molecule has 0 aliphatic rings. The molecule has 0 radical (unpaired) electrons. The summed E-state index contributed by atoms with van der Waals surface area (Å²) in [7, 11) is 0. The fraction of sp³-hybridized carbons (Fsp3) is 0.833. The Morgan fingerprint density at radius 2 is 1.24 bits per heavy atom. The second-order valence-electron chi connectivity index (χ2n) is 9.42. The molecule has 0 saturated heterocycles. The number of nitrogens with two attached hydrogens (primary N) is 3.